The highest BCUT2D eigenvalue weighted by molar-refractivity contribution is 5.41. The van der Waals surface area contributed by atoms with E-state index in [0.29, 0.717) is 6.07 Å². The maximum Gasteiger partial charge on any atom is 0.416 e. The van der Waals surface area contributed by atoms with Gasteiger partial charge in [0.05, 0.1) is 10.5 Å². The first-order valence-corrected chi connectivity index (χ1v) is 4.34. The molecule has 0 saturated carbocycles. The number of hydrogen-bond donors (Lipinski definition) is 1. The van der Waals surface area contributed by atoms with Crippen LogP contribution >= 0.6 is 0 Å². The average Bonchev–Trinajstić information content (AvgIpc) is 2.15. The molecule has 0 aromatic heterocycles. The Morgan fingerprint density at radius 3 is 2.31 bits per heavy atom. The molecule has 0 aliphatic carbocycles. The van der Waals surface area contributed by atoms with Gasteiger partial charge in [0.15, 0.2) is 0 Å². The number of nitrogens with two attached hydrogens (primary N) is 1. The van der Waals surface area contributed by atoms with E-state index in [-0.39, 0.29) is 5.56 Å². The summed E-state index contributed by atoms with van der Waals surface area (Å²) < 4.78 is 37.2. The second-order valence-corrected chi connectivity index (χ2v) is 3.36. The van der Waals surface area contributed by atoms with Gasteiger partial charge in [0, 0.05) is 18.2 Å². The number of halogens is 3. The van der Waals surface area contributed by atoms with Crippen LogP contribution in [0, 0.1) is 10.1 Å². The second kappa shape index (κ2) is 4.09. The highest BCUT2D eigenvalue weighted by Crippen LogP contribution is 2.33. The molecule has 1 aromatic carbocycles. The van der Waals surface area contributed by atoms with Crippen molar-refractivity contribution >= 4 is 5.69 Å². The van der Waals surface area contributed by atoms with Gasteiger partial charge in [0.25, 0.3) is 5.69 Å². The molecule has 0 bridgehead atoms. The van der Waals surface area contributed by atoms with Crippen LogP contribution in [-0.4, -0.2) is 4.92 Å². The highest BCUT2D eigenvalue weighted by Gasteiger charge is 2.32. The summed E-state index contributed by atoms with van der Waals surface area (Å²) in [5.74, 6) is 0. The van der Waals surface area contributed by atoms with Gasteiger partial charge in [-0.15, -0.1) is 0 Å². The zero-order valence-corrected chi connectivity index (χ0v) is 8.28. The Balaban J connectivity index is 3.36. The molecule has 0 heterocycles. The zero-order valence-electron chi connectivity index (χ0n) is 8.28. The van der Waals surface area contributed by atoms with Gasteiger partial charge in [-0.25, -0.2) is 0 Å². The summed E-state index contributed by atoms with van der Waals surface area (Å²) in [6, 6.07) is 1.66. The van der Waals surface area contributed by atoms with Crippen LogP contribution in [0.2, 0.25) is 0 Å². The summed E-state index contributed by atoms with van der Waals surface area (Å²) in [5, 5.41) is 10.5. The normalized spacial score (nSPS) is 13.6. The lowest BCUT2D eigenvalue weighted by Crippen LogP contribution is -2.10. The molecule has 0 saturated heterocycles. The minimum absolute atomic E-state index is 0.0847. The number of non-ortho nitro benzene ring substituents is 1. The van der Waals surface area contributed by atoms with E-state index in [9.17, 15) is 23.3 Å². The van der Waals surface area contributed by atoms with Crippen molar-refractivity contribution in [3.8, 4) is 0 Å². The molecule has 1 rings (SSSR count). The Bertz CT molecular complexity index is 416. The van der Waals surface area contributed by atoms with E-state index in [0.717, 1.165) is 12.1 Å². The molecule has 16 heavy (non-hydrogen) atoms. The molecule has 0 radical (unpaired) electrons. The Morgan fingerprint density at radius 2 is 1.94 bits per heavy atom. The SMILES string of the molecule is C[C@H](N)c1cc([N+](=O)[O-])cc(C(F)(F)F)c1. The average molecular weight is 234 g/mol. The van der Waals surface area contributed by atoms with E-state index >= 15 is 0 Å². The molecular weight excluding hydrogens is 225 g/mol. The van der Waals surface area contributed by atoms with Crippen molar-refractivity contribution in [3.63, 3.8) is 0 Å². The van der Waals surface area contributed by atoms with Crippen LogP contribution in [0.3, 0.4) is 0 Å². The third-order valence-corrected chi connectivity index (χ3v) is 2.00. The summed E-state index contributed by atoms with van der Waals surface area (Å²) in [6.07, 6.45) is -4.62. The van der Waals surface area contributed by atoms with Crippen LogP contribution in [0.15, 0.2) is 18.2 Å². The fourth-order valence-electron chi connectivity index (χ4n) is 1.17. The van der Waals surface area contributed by atoms with Crippen molar-refractivity contribution in [2.75, 3.05) is 0 Å². The molecule has 0 fully saturated rings. The molecule has 0 spiro atoms. The van der Waals surface area contributed by atoms with Crippen molar-refractivity contribution in [1.82, 2.24) is 0 Å². The first-order valence-electron chi connectivity index (χ1n) is 4.34. The fraction of sp³-hybridized carbons (Fsp3) is 0.333. The molecular formula is C9H9F3N2O2. The molecule has 0 amide bonds. The van der Waals surface area contributed by atoms with Crippen molar-refractivity contribution in [3.05, 3.63) is 39.4 Å². The topological polar surface area (TPSA) is 69.2 Å². The lowest BCUT2D eigenvalue weighted by Gasteiger charge is -2.10. The summed E-state index contributed by atoms with van der Waals surface area (Å²) in [6.45, 7) is 1.46. The van der Waals surface area contributed by atoms with Gasteiger partial charge >= 0.3 is 6.18 Å². The van der Waals surface area contributed by atoms with Crippen LogP contribution in [0.4, 0.5) is 18.9 Å². The maximum absolute atomic E-state index is 12.4. The maximum atomic E-state index is 12.4. The van der Waals surface area contributed by atoms with Gasteiger partial charge in [0.2, 0.25) is 0 Å². The summed E-state index contributed by atoms with van der Waals surface area (Å²) in [4.78, 5) is 9.58. The third kappa shape index (κ3) is 2.69. The lowest BCUT2D eigenvalue weighted by molar-refractivity contribution is -0.385. The largest absolute Gasteiger partial charge is 0.416 e. The predicted molar refractivity (Wildman–Crippen MR) is 50.7 cm³/mol. The monoisotopic (exact) mass is 234 g/mol. The van der Waals surface area contributed by atoms with E-state index in [2.05, 4.69) is 0 Å². The standard InChI is InChI=1S/C9H9F3N2O2/c1-5(13)6-2-7(9(10,11)12)4-8(3-6)14(15)16/h2-5H,13H2,1H3/t5-/m0/s1. The lowest BCUT2D eigenvalue weighted by atomic mass is 10.0. The van der Waals surface area contributed by atoms with Gasteiger partial charge in [0.1, 0.15) is 0 Å². The van der Waals surface area contributed by atoms with Crippen LogP contribution in [0.5, 0.6) is 0 Å². The molecule has 0 aliphatic heterocycles. The van der Waals surface area contributed by atoms with Crippen LogP contribution in [-0.2, 0) is 6.18 Å². The number of nitro groups is 1. The van der Waals surface area contributed by atoms with Gasteiger partial charge < -0.3 is 5.73 Å². The van der Waals surface area contributed by atoms with Gasteiger partial charge in [-0.05, 0) is 18.6 Å². The minimum Gasteiger partial charge on any atom is -0.324 e. The molecule has 1 atom stereocenters. The highest BCUT2D eigenvalue weighted by atomic mass is 19.4. The van der Waals surface area contributed by atoms with E-state index in [1.165, 1.54) is 6.92 Å². The Hall–Kier alpha value is -1.63. The number of alkyl halides is 3. The van der Waals surface area contributed by atoms with E-state index in [1.54, 1.807) is 0 Å². The van der Waals surface area contributed by atoms with Crippen molar-refractivity contribution < 1.29 is 18.1 Å². The molecule has 2 N–H and O–H groups in total. The van der Waals surface area contributed by atoms with Crippen LogP contribution in [0.25, 0.3) is 0 Å². The molecule has 88 valence electrons. The van der Waals surface area contributed by atoms with Gasteiger partial charge in [-0.3, -0.25) is 10.1 Å². The zero-order chi connectivity index (χ0) is 12.5. The molecule has 4 nitrogen and oxygen atoms in total. The minimum atomic E-state index is -4.62. The Kier molecular flexibility index (Phi) is 3.18. The quantitative estimate of drug-likeness (QED) is 0.631. The number of rotatable bonds is 2. The third-order valence-electron chi connectivity index (χ3n) is 2.00. The first kappa shape index (κ1) is 12.4. The van der Waals surface area contributed by atoms with Gasteiger partial charge in [-0.2, -0.15) is 13.2 Å². The summed E-state index contributed by atoms with van der Waals surface area (Å²) in [7, 11) is 0. The van der Waals surface area contributed by atoms with Gasteiger partial charge in [-0.1, -0.05) is 0 Å². The Morgan fingerprint density at radius 1 is 1.38 bits per heavy atom. The molecule has 7 heteroatoms. The van der Waals surface area contributed by atoms with Crippen molar-refractivity contribution in [2.24, 2.45) is 5.73 Å². The number of benzene rings is 1. The van der Waals surface area contributed by atoms with Crippen molar-refractivity contribution in [2.45, 2.75) is 19.1 Å². The second-order valence-electron chi connectivity index (χ2n) is 3.36. The number of nitrogens with zero attached hydrogens (tertiary/aromatic N) is 1. The van der Waals surface area contributed by atoms with Crippen LogP contribution in [0.1, 0.15) is 24.1 Å². The first-order chi connectivity index (χ1) is 7.21. The van der Waals surface area contributed by atoms with Crippen LogP contribution < -0.4 is 5.73 Å². The summed E-state index contributed by atoms with van der Waals surface area (Å²) in [5.41, 5.74) is 3.82. The summed E-state index contributed by atoms with van der Waals surface area (Å²) >= 11 is 0. The molecule has 1 aromatic rings. The molecule has 0 aliphatic rings. The van der Waals surface area contributed by atoms with E-state index in [1.807, 2.05) is 0 Å². The fourth-order valence-corrected chi connectivity index (χ4v) is 1.17. The number of hydrogen-bond acceptors (Lipinski definition) is 3. The smallest absolute Gasteiger partial charge is 0.324 e. The van der Waals surface area contributed by atoms with E-state index in [4.69, 9.17) is 5.73 Å². The number of nitro benzene ring substituents is 1. The Labute approximate surface area is 89.0 Å². The van der Waals surface area contributed by atoms with Crippen molar-refractivity contribution in [1.29, 1.82) is 0 Å². The predicted octanol–water partition coefficient (Wildman–Crippen LogP) is 2.63. The van der Waals surface area contributed by atoms with E-state index < -0.39 is 28.4 Å². The molecule has 0 unspecified atom stereocenters.